The highest BCUT2D eigenvalue weighted by molar-refractivity contribution is 8.15. The summed E-state index contributed by atoms with van der Waals surface area (Å²) < 4.78 is 5.22. The van der Waals surface area contributed by atoms with Crippen LogP contribution in [0.5, 0.6) is 0 Å². The lowest BCUT2D eigenvalue weighted by molar-refractivity contribution is -0.139. The maximum Gasteiger partial charge on any atom is 0.338 e. The summed E-state index contributed by atoms with van der Waals surface area (Å²) in [5, 5.41) is 2.46. The molecule has 0 bridgehead atoms. The lowest BCUT2D eigenvalue weighted by Gasteiger charge is -2.32. The van der Waals surface area contributed by atoms with Gasteiger partial charge >= 0.3 is 5.97 Å². The molecule has 0 saturated carbocycles. The van der Waals surface area contributed by atoms with Gasteiger partial charge in [0.05, 0.1) is 23.1 Å². The fraction of sp³-hybridized carbons (Fsp3) is 0.438. The lowest BCUT2D eigenvalue weighted by atomic mass is 9.98. The van der Waals surface area contributed by atoms with Crippen molar-refractivity contribution in [3.8, 4) is 0 Å². The Morgan fingerprint density at radius 2 is 2.17 bits per heavy atom. The minimum absolute atomic E-state index is 0.0131. The molecule has 122 valence electrons. The van der Waals surface area contributed by atoms with Crippen molar-refractivity contribution in [3.63, 3.8) is 0 Å². The normalized spacial score (nSPS) is 23.9. The van der Waals surface area contributed by atoms with E-state index in [0.29, 0.717) is 23.0 Å². The van der Waals surface area contributed by atoms with Crippen molar-refractivity contribution in [1.29, 1.82) is 0 Å². The van der Waals surface area contributed by atoms with E-state index in [4.69, 9.17) is 4.74 Å². The first-order valence-electron chi connectivity index (χ1n) is 7.46. The number of aliphatic imine (C=N–C) groups is 1. The number of fused-ring (bicyclic) bond motifs is 1. The van der Waals surface area contributed by atoms with Crippen LogP contribution in [0.2, 0.25) is 0 Å². The Hall–Kier alpha value is -1.60. The van der Waals surface area contributed by atoms with E-state index in [1.165, 1.54) is 11.8 Å². The van der Waals surface area contributed by atoms with Crippen molar-refractivity contribution in [3.05, 3.63) is 33.2 Å². The van der Waals surface area contributed by atoms with Gasteiger partial charge in [0.1, 0.15) is 6.04 Å². The summed E-state index contributed by atoms with van der Waals surface area (Å²) in [4.78, 5) is 32.3. The molecule has 1 amide bonds. The number of ether oxygens (including phenoxy) is 1. The predicted molar refractivity (Wildman–Crippen MR) is 92.5 cm³/mol. The van der Waals surface area contributed by atoms with Crippen LogP contribution in [0.15, 0.2) is 27.7 Å². The number of esters is 1. The lowest BCUT2D eigenvalue weighted by Crippen LogP contribution is -2.40. The van der Waals surface area contributed by atoms with Crippen LogP contribution < -0.4 is 0 Å². The maximum absolute atomic E-state index is 12.6. The Kier molecular flexibility index (Phi) is 4.33. The average molecular weight is 350 g/mol. The molecule has 3 heterocycles. The first-order valence-corrected chi connectivity index (χ1v) is 9.22. The van der Waals surface area contributed by atoms with Gasteiger partial charge in [-0.05, 0) is 44.7 Å². The number of allylic oxidation sites excluding steroid dienone is 1. The summed E-state index contributed by atoms with van der Waals surface area (Å²) in [6, 6.07) is 1.56. The number of nitrogens with zero attached hydrogens (tertiary/aromatic N) is 2. The Morgan fingerprint density at radius 3 is 2.78 bits per heavy atom. The highest BCUT2D eigenvalue weighted by atomic mass is 32.2. The molecule has 1 aromatic heterocycles. The second-order valence-corrected chi connectivity index (χ2v) is 7.71. The SMILES string of the molecule is CCOC(=O)C1=C(C)N=C2SC(C)C(=O)N2C1c1sccc1C. The molecule has 2 aliphatic heterocycles. The summed E-state index contributed by atoms with van der Waals surface area (Å²) in [7, 11) is 0. The van der Waals surface area contributed by atoms with E-state index in [9.17, 15) is 9.59 Å². The van der Waals surface area contributed by atoms with Crippen LogP contribution in [-0.4, -0.2) is 33.8 Å². The molecule has 23 heavy (non-hydrogen) atoms. The Bertz CT molecular complexity index is 735. The molecule has 2 aliphatic rings. The Balaban J connectivity index is 2.16. The molecular formula is C16H18N2O3S2. The molecule has 0 aliphatic carbocycles. The van der Waals surface area contributed by atoms with E-state index in [1.807, 2.05) is 25.3 Å². The number of aryl methyl sites for hydroxylation is 1. The number of carbonyl (C=O) groups is 2. The third kappa shape index (κ3) is 2.61. The van der Waals surface area contributed by atoms with Crippen molar-refractivity contribution in [2.75, 3.05) is 6.61 Å². The van der Waals surface area contributed by atoms with Crippen molar-refractivity contribution >= 4 is 40.1 Å². The zero-order valence-electron chi connectivity index (χ0n) is 13.5. The van der Waals surface area contributed by atoms with Gasteiger partial charge in [-0.15, -0.1) is 11.3 Å². The summed E-state index contributed by atoms with van der Waals surface area (Å²) in [6.45, 7) is 7.73. The number of amidine groups is 1. The van der Waals surface area contributed by atoms with Crippen molar-refractivity contribution in [1.82, 2.24) is 4.90 Å². The van der Waals surface area contributed by atoms with Crippen LogP contribution in [-0.2, 0) is 14.3 Å². The van der Waals surface area contributed by atoms with Crippen molar-refractivity contribution in [2.24, 2.45) is 4.99 Å². The average Bonchev–Trinajstić information content (AvgIpc) is 3.02. The van der Waals surface area contributed by atoms with Crippen LogP contribution in [0.1, 0.15) is 37.3 Å². The largest absolute Gasteiger partial charge is 0.463 e. The van der Waals surface area contributed by atoms with Gasteiger partial charge in [0, 0.05) is 4.88 Å². The number of hydrogen-bond acceptors (Lipinski definition) is 6. The first kappa shape index (κ1) is 16.3. The molecule has 0 radical (unpaired) electrons. The van der Waals surface area contributed by atoms with E-state index in [1.54, 1.807) is 30.1 Å². The smallest absolute Gasteiger partial charge is 0.338 e. The molecule has 0 spiro atoms. The van der Waals surface area contributed by atoms with Crippen LogP contribution in [0.25, 0.3) is 0 Å². The zero-order chi connectivity index (χ0) is 16.7. The molecule has 2 atom stereocenters. The van der Waals surface area contributed by atoms with Crippen LogP contribution in [0.3, 0.4) is 0 Å². The first-order chi connectivity index (χ1) is 11.0. The van der Waals surface area contributed by atoms with Gasteiger partial charge in [0.15, 0.2) is 5.17 Å². The van der Waals surface area contributed by atoms with Gasteiger partial charge in [0.2, 0.25) is 5.91 Å². The van der Waals surface area contributed by atoms with Gasteiger partial charge in [-0.25, -0.2) is 9.79 Å². The van der Waals surface area contributed by atoms with E-state index < -0.39 is 12.0 Å². The molecular weight excluding hydrogens is 332 g/mol. The number of thioether (sulfide) groups is 1. The molecule has 1 fully saturated rings. The molecule has 3 rings (SSSR count). The standard InChI is InChI=1S/C16H18N2O3S2/c1-5-21-15(20)11-9(3)17-16-18(14(19)10(4)23-16)12(11)13-8(2)6-7-22-13/h6-7,10,12H,5H2,1-4H3. The predicted octanol–water partition coefficient (Wildman–Crippen LogP) is 3.27. The molecule has 0 N–H and O–H groups in total. The second-order valence-electron chi connectivity index (χ2n) is 5.45. The molecule has 0 aromatic carbocycles. The molecule has 1 saturated heterocycles. The van der Waals surface area contributed by atoms with E-state index >= 15 is 0 Å². The number of thiophene rings is 1. The van der Waals surface area contributed by atoms with Gasteiger partial charge in [0.25, 0.3) is 0 Å². The van der Waals surface area contributed by atoms with E-state index in [0.717, 1.165) is 10.4 Å². The van der Waals surface area contributed by atoms with Crippen LogP contribution in [0, 0.1) is 6.92 Å². The van der Waals surface area contributed by atoms with E-state index in [2.05, 4.69) is 4.99 Å². The monoisotopic (exact) mass is 350 g/mol. The van der Waals surface area contributed by atoms with Crippen molar-refractivity contribution < 1.29 is 14.3 Å². The second kappa shape index (κ2) is 6.13. The summed E-state index contributed by atoms with van der Waals surface area (Å²) in [5.41, 5.74) is 2.15. The Labute approximate surface area is 143 Å². The molecule has 5 nitrogen and oxygen atoms in total. The topological polar surface area (TPSA) is 59.0 Å². The van der Waals surface area contributed by atoms with Gasteiger partial charge in [-0.1, -0.05) is 11.8 Å². The number of carbonyl (C=O) groups excluding carboxylic acids is 2. The minimum atomic E-state index is -0.438. The molecule has 7 heteroatoms. The third-order valence-corrected chi connectivity index (χ3v) is 6.03. The number of hydrogen-bond donors (Lipinski definition) is 0. The maximum atomic E-state index is 12.6. The number of amides is 1. The highest BCUT2D eigenvalue weighted by Gasteiger charge is 2.47. The molecule has 1 aromatic rings. The van der Waals surface area contributed by atoms with Gasteiger partial charge < -0.3 is 4.74 Å². The Morgan fingerprint density at radius 1 is 1.43 bits per heavy atom. The fourth-order valence-corrected chi connectivity index (χ4v) is 4.84. The zero-order valence-corrected chi connectivity index (χ0v) is 15.1. The minimum Gasteiger partial charge on any atom is -0.463 e. The van der Waals surface area contributed by atoms with Crippen LogP contribution in [0.4, 0.5) is 0 Å². The fourth-order valence-electron chi connectivity index (χ4n) is 2.79. The number of rotatable bonds is 3. The summed E-state index contributed by atoms with van der Waals surface area (Å²) in [6.07, 6.45) is 0. The quantitative estimate of drug-likeness (QED) is 0.785. The summed E-state index contributed by atoms with van der Waals surface area (Å²) in [5.74, 6) is -0.413. The summed E-state index contributed by atoms with van der Waals surface area (Å²) >= 11 is 2.99. The third-order valence-electron chi connectivity index (χ3n) is 3.90. The van der Waals surface area contributed by atoms with Crippen molar-refractivity contribution in [2.45, 2.75) is 39.0 Å². The van der Waals surface area contributed by atoms with Gasteiger partial charge in [-0.3, -0.25) is 9.69 Å². The highest BCUT2D eigenvalue weighted by Crippen LogP contribution is 2.45. The van der Waals surface area contributed by atoms with E-state index in [-0.39, 0.29) is 11.2 Å². The van der Waals surface area contributed by atoms with Crippen LogP contribution >= 0.6 is 23.1 Å². The molecule has 2 unspecified atom stereocenters. The van der Waals surface area contributed by atoms with Gasteiger partial charge in [-0.2, -0.15) is 0 Å².